The zero-order valence-electron chi connectivity index (χ0n) is 15.4. The second-order valence-electron chi connectivity index (χ2n) is 7.54. The summed E-state index contributed by atoms with van der Waals surface area (Å²) in [6.07, 6.45) is 2.13. The van der Waals surface area contributed by atoms with E-state index in [0.717, 1.165) is 5.56 Å². The van der Waals surface area contributed by atoms with Gasteiger partial charge in [-0.05, 0) is 40.5 Å². The van der Waals surface area contributed by atoms with Crippen LogP contribution < -0.4 is 0 Å². The molecule has 1 aliphatic rings. The number of benzene rings is 1. The summed E-state index contributed by atoms with van der Waals surface area (Å²) < 4.78 is 5.36. The third-order valence-electron chi connectivity index (χ3n) is 4.18. The molecule has 0 aliphatic carbocycles. The number of amides is 1. The first kappa shape index (κ1) is 19.0. The number of nitrogens with zero attached hydrogens (tertiary/aromatic N) is 1. The maximum Gasteiger partial charge on any atom is 0.410 e. The van der Waals surface area contributed by atoms with Crippen molar-refractivity contribution in [2.45, 2.75) is 46.1 Å². The minimum absolute atomic E-state index is 0.0143. The average molecular weight is 345 g/mol. The Morgan fingerprint density at radius 3 is 2.24 bits per heavy atom. The fraction of sp³-hybridized carbons (Fsp3) is 0.500. The molecular formula is C20H27NO4. The Kier molecular flexibility index (Phi) is 5.88. The van der Waals surface area contributed by atoms with Crippen LogP contribution in [0.3, 0.4) is 0 Å². The quantitative estimate of drug-likeness (QED) is 0.661. The minimum atomic E-state index is -0.522. The van der Waals surface area contributed by atoms with E-state index in [9.17, 15) is 14.7 Å². The molecule has 1 aliphatic heterocycles. The van der Waals surface area contributed by atoms with Crippen LogP contribution in [0.4, 0.5) is 4.79 Å². The standard InChI is InChI=1S/C20H27NO4/c1-14-5-7-15(8-6-14)17(22)13-18(23)16-9-11-21(12-10-16)19(24)25-20(2,3)4/h5-8,13,16,22H,9-12H2,1-4H3/b17-13+. The van der Waals surface area contributed by atoms with Gasteiger partial charge in [0.05, 0.1) is 0 Å². The Labute approximate surface area is 149 Å². The Balaban J connectivity index is 1.91. The normalized spacial score (nSPS) is 16.6. The van der Waals surface area contributed by atoms with Gasteiger partial charge in [0.15, 0.2) is 5.78 Å². The molecular weight excluding hydrogens is 318 g/mol. The number of ketones is 1. The van der Waals surface area contributed by atoms with Crippen molar-refractivity contribution in [2.24, 2.45) is 5.92 Å². The average Bonchev–Trinajstić information content (AvgIpc) is 2.54. The predicted octanol–water partition coefficient (Wildman–Crippen LogP) is 4.11. The summed E-state index contributed by atoms with van der Waals surface area (Å²) in [6.45, 7) is 8.45. The van der Waals surface area contributed by atoms with E-state index in [4.69, 9.17) is 4.74 Å². The van der Waals surface area contributed by atoms with Crippen LogP contribution in [0.5, 0.6) is 0 Å². The van der Waals surface area contributed by atoms with E-state index in [1.54, 1.807) is 17.0 Å². The molecule has 0 unspecified atom stereocenters. The van der Waals surface area contributed by atoms with Crippen molar-refractivity contribution in [3.05, 3.63) is 41.5 Å². The molecule has 0 atom stereocenters. The predicted molar refractivity (Wildman–Crippen MR) is 97.3 cm³/mol. The Bertz CT molecular complexity index is 647. The van der Waals surface area contributed by atoms with E-state index in [-0.39, 0.29) is 23.6 Å². The Hall–Kier alpha value is -2.30. The van der Waals surface area contributed by atoms with Gasteiger partial charge in [0.25, 0.3) is 0 Å². The molecule has 2 rings (SSSR count). The molecule has 0 aromatic heterocycles. The number of aliphatic hydroxyl groups excluding tert-OH is 1. The number of likely N-dealkylation sites (tertiary alicyclic amines) is 1. The number of carbonyl (C=O) groups excluding carboxylic acids is 2. The molecule has 0 radical (unpaired) electrons. The first-order valence-corrected chi connectivity index (χ1v) is 8.65. The van der Waals surface area contributed by atoms with Crippen molar-refractivity contribution < 1.29 is 19.4 Å². The highest BCUT2D eigenvalue weighted by Gasteiger charge is 2.29. The van der Waals surface area contributed by atoms with Crippen LogP contribution in [0.25, 0.3) is 5.76 Å². The van der Waals surface area contributed by atoms with Gasteiger partial charge in [-0.2, -0.15) is 0 Å². The summed E-state index contributed by atoms with van der Waals surface area (Å²) in [4.78, 5) is 26.1. The second kappa shape index (κ2) is 7.72. The Morgan fingerprint density at radius 2 is 1.72 bits per heavy atom. The molecule has 1 heterocycles. The first-order chi connectivity index (χ1) is 11.7. The number of rotatable bonds is 3. The van der Waals surface area contributed by atoms with Crippen LogP contribution in [-0.2, 0) is 9.53 Å². The minimum Gasteiger partial charge on any atom is -0.507 e. The molecule has 0 spiro atoms. The number of aryl methyl sites for hydroxylation is 1. The van der Waals surface area contributed by atoms with Crippen molar-refractivity contribution in [1.82, 2.24) is 4.90 Å². The number of hydrogen-bond acceptors (Lipinski definition) is 4. The van der Waals surface area contributed by atoms with Crippen molar-refractivity contribution >= 4 is 17.6 Å². The molecule has 136 valence electrons. The highest BCUT2D eigenvalue weighted by Crippen LogP contribution is 2.22. The van der Waals surface area contributed by atoms with Gasteiger partial charge in [-0.25, -0.2) is 4.79 Å². The van der Waals surface area contributed by atoms with E-state index in [1.165, 1.54) is 6.08 Å². The lowest BCUT2D eigenvalue weighted by molar-refractivity contribution is -0.119. The van der Waals surface area contributed by atoms with Crippen molar-refractivity contribution in [1.29, 1.82) is 0 Å². The monoisotopic (exact) mass is 345 g/mol. The van der Waals surface area contributed by atoms with E-state index in [2.05, 4.69) is 0 Å². The maximum atomic E-state index is 12.4. The van der Waals surface area contributed by atoms with Crippen LogP contribution in [0.1, 0.15) is 44.7 Å². The summed E-state index contributed by atoms with van der Waals surface area (Å²) in [7, 11) is 0. The summed E-state index contributed by atoms with van der Waals surface area (Å²) in [6, 6.07) is 7.37. The molecule has 0 bridgehead atoms. The smallest absolute Gasteiger partial charge is 0.410 e. The SMILES string of the molecule is Cc1ccc(/C(O)=C\C(=O)C2CCN(C(=O)OC(C)(C)C)CC2)cc1. The first-order valence-electron chi connectivity index (χ1n) is 8.65. The van der Waals surface area contributed by atoms with Gasteiger partial charge in [-0.3, -0.25) is 4.79 Å². The maximum absolute atomic E-state index is 12.4. The zero-order chi connectivity index (χ0) is 18.6. The molecule has 1 saturated heterocycles. The highest BCUT2D eigenvalue weighted by molar-refractivity contribution is 5.97. The van der Waals surface area contributed by atoms with Crippen LogP contribution in [-0.4, -0.2) is 40.6 Å². The van der Waals surface area contributed by atoms with Crippen LogP contribution in [0.15, 0.2) is 30.3 Å². The van der Waals surface area contributed by atoms with Crippen LogP contribution >= 0.6 is 0 Å². The van der Waals surface area contributed by atoms with Crippen LogP contribution in [0.2, 0.25) is 0 Å². The molecule has 1 aromatic rings. The van der Waals surface area contributed by atoms with Crippen molar-refractivity contribution in [2.75, 3.05) is 13.1 Å². The third-order valence-corrected chi connectivity index (χ3v) is 4.18. The Morgan fingerprint density at radius 1 is 1.16 bits per heavy atom. The van der Waals surface area contributed by atoms with E-state index in [1.807, 2.05) is 39.8 Å². The number of carbonyl (C=O) groups is 2. The highest BCUT2D eigenvalue weighted by atomic mass is 16.6. The zero-order valence-corrected chi connectivity index (χ0v) is 15.4. The van der Waals surface area contributed by atoms with E-state index in [0.29, 0.717) is 31.5 Å². The summed E-state index contributed by atoms with van der Waals surface area (Å²) in [5, 5.41) is 10.1. The molecule has 5 heteroatoms. The number of ether oxygens (including phenoxy) is 1. The number of allylic oxidation sites excluding steroid dienone is 1. The van der Waals surface area contributed by atoms with E-state index < -0.39 is 5.60 Å². The second-order valence-corrected chi connectivity index (χ2v) is 7.54. The van der Waals surface area contributed by atoms with Gasteiger partial charge in [-0.15, -0.1) is 0 Å². The summed E-state index contributed by atoms with van der Waals surface area (Å²) >= 11 is 0. The molecule has 25 heavy (non-hydrogen) atoms. The third kappa shape index (κ3) is 5.62. The van der Waals surface area contributed by atoms with Gasteiger partial charge >= 0.3 is 6.09 Å². The molecule has 0 saturated carbocycles. The topological polar surface area (TPSA) is 66.8 Å². The van der Waals surface area contributed by atoms with Gasteiger partial charge in [0.2, 0.25) is 0 Å². The number of hydrogen-bond donors (Lipinski definition) is 1. The van der Waals surface area contributed by atoms with Gasteiger partial charge < -0.3 is 14.7 Å². The van der Waals surface area contributed by atoms with Gasteiger partial charge in [0.1, 0.15) is 11.4 Å². The summed E-state index contributed by atoms with van der Waals surface area (Å²) in [5.74, 6) is -0.284. The van der Waals surface area contributed by atoms with Gasteiger partial charge in [-0.1, -0.05) is 29.8 Å². The fourth-order valence-corrected chi connectivity index (χ4v) is 2.73. The van der Waals surface area contributed by atoms with Crippen molar-refractivity contribution in [3.63, 3.8) is 0 Å². The largest absolute Gasteiger partial charge is 0.507 e. The molecule has 1 fully saturated rings. The summed E-state index contributed by atoms with van der Waals surface area (Å²) in [5.41, 5.74) is 1.20. The van der Waals surface area contributed by atoms with Crippen LogP contribution in [0, 0.1) is 12.8 Å². The van der Waals surface area contributed by atoms with Crippen molar-refractivity contribution in [3.8, 4) is 0 Å². The lowest BCUT2D eigenvalue weighted by Gasteiger charge is -2.32. The number of piperidine rings is 1. The van der Waals surface area contributed by atoms with E-state index >= 15 is 0 Å². The fourth-order valence-electron chi connectivity index (χ4n) is 2.73. The molecule has 1 aromatic carbocycles. The number of aliphatic hydroxyl groups is 1. The molecule has 1 N–H and O–H groups in total. The lowest BCUT2D eigenvalue weighted by Crippen LogP contribution is -2.42. The lowest BCUT2D eigenvalue weighted by atomic mass is 9.92. The van der Waals surface area contributed by atoms with Gasteiger partial charge in [0, 0.05) is 30.6 Å². The molecule has 1 amide bonds. The molecule has 5 nitrogen and oxygen atoms in total.